The Morgan fingerprint density at radius 2 is 1.06 bits per heavy atom. The summed E-state index contributed by atoms with van der Waals surface area (Å²) in [6.07, 6.45) is 7.20. The third kappa shape index (κ3) is 2.43. The summed E-state index contributed by atoms with van der Waals surface area (Å²) < 4.78 is 0. The van der Waals surface area contributed by atoms with Crippen molar-refractivity contribution in [1.29, 1.82) is 0 Å². The minimum absolute atomic E-state index is 0.218. The summed E-state index contributed by atoms with van der Waals surface area (Å²) in [5.41, 5.74) is 3.34. The summed E-state index contributed by atoms with van der Waals surface area (Å²) in [5.74, 6) is 0. The van der Waals surface area contributed by atoms with Gasteiger partial charge in [-0.3, -0.25) is 0 Å². The van der Waals surface area contributed by atoms with E-state index in [0.29, 0.717) is 0 Å². The van der Waals surface area contributed by atoms with Crippen molar-refractivity contribution >= 4 is 0 Å². The molecule has 2 aliphatic rings. The van der Waals surface area contributed by atoms with Gasteiger partial charge >= 0.3 is 0 Å². The van der Waals surface area contributed by atoms with Crippen LogP contribution in [0.4, 0.5) is 0 Å². The van der Waals surface area contributed by atoms with Crippen LogP contribution in [-0.4, -0.2) is 34.0 Å². The SMILES string of the molecule is CC(C)(C)N1CCC=C1C1=CCCN1C(C)(C)C. The van der Waals surface area contributed by atoms with Crippen LogP contribution in [-0.2, 0) is 0 Å². The number of hydrogen-bond acceptors (Lipinski definition) is 2. The van der Waals surface area contributed by atoms with Crippen LogP contribution in [0.1, 0.15) is 54.4 Å². The highest BCUT2D eigenvalue weighted by Gasteiger charge is 2.34. The van der Waals surface area contributed by atoms with E-state index in [-0.39, 0.29) is 11.1 Å². The maximum Gasteiger partial charge on any atom is 0.0565 e. The van der Waals surface area contributed by atoms with Crippen LogP contribution in [0, 0.1) is 0 Å². The molecule has 2 nitrogen and oxygen atoms in total. The highest BCUT2D eigenvalue weighted by molar-refractivity contribution is 5.35. The Hall–Kier alpha value is -0.920. The van der Waals surface area contributed by atoms with Crippen molar-refractivity contribution in [1.82, 2.24) is 9.80 Å². The van der Waals surface area contributed by atoms with Gasteiger partial charge in [-0.2, -0.15) is 0 Å². The molecule has 0 unspecified atom stereocenters. The summed E-state index contributed by atoms with van der Waals surface area (Å²) in [6, 6.07) is 0. The van der Waals surface area contributed by atoms with Gasteiger partial charge in [0.25, 0.3) is 0 Å². The van der Waals surface area contributed by atoms with Crippen molar-refractivity contribution in [2.24, 2.45) is 0 Å². The molecular weight excluding hydrogens is 220 g/mol. The molecule has 0 saturated heterocycles. The molecule has 0 fully saturated rings. The van der Waals surface area contributed by atoms with Gasteiger partial charge in [-0.1, -0.05) is 12.2 Å². The number of rotatable bonds is 1. The average Bonchev–Trinajstić information content (AvgIpc) is 2.83. The smallest absolute Gasteiger partial charge is 0.0565 e. The Labute approximate surface area is 112 Å². The second kappa shape index (κ2) is 4.32. The lowest BCUT2D eigenvalue weighted by Crippen LogP contribution is -2.44. The zero-order valence-corrected chi connectivity index (χ0v) is 12.9. The van der Waals surface area contributed by atoms with Gasteiger partial charge in [0.2, 0.25) is 0 Å². The minimum atomic E-state index is 0.218. The third-order valence-electron chi connectivity index (χ3n) is 3.84. The molecule has 0 bridgehead atoms. The summed E-state index contributed by atoms with van der Waals surface area (Å²) in [4.78, 5) is 5.12. The van der Waals surface area contributed by atoms with Crippen LogP contribution in [0.15, 0.2) is 23.5 Å². The molecule has 102 valence electrons. The van der Waals surface area contributed by atoms with Gasteiger partial charge in [0.15, 0.2) is 0 Å². The highest BCUT2D eigenvalue weighted by atomic mass is 15.3. The molecule has 0 spiro atoms. The molecule has 0 aliphatic carbocycles. The second-order valence-corrected chi connectivity index (χ2v) is 7.40. The standard InChI is InChI=1S/C16H28N2/c1-15(2,3)17-11-7-9-13(17)14-10-8-12-18(14)16(4,5)6/h9-10H,7-8,11-12H2,1-6H3. The summed E-state index contributed by atoms with van der Waals surface area (Å²) in [7, 11) is 0. The molecule has 0 N–H and O–H groups in total. The lowest BCUT2D eigenvalue weighted by molar-refractivity contribution is 0.167. The molecule has 2 aliphatic heterocycles. The van der Waals surface area contributed by atoms with Gasteiger partial charge in [0.1, 0.15) is 0 Å². The molecule has 0 amide bonds. The first-order chi connectivity index (χ1) is 8.21. The topological polar surface area (TPSA) is 6.48 Å². The zero-order valence-electron chi connectivity index (χ0n) is 12.9. The molecule has 0 aromatic rings. The molecule has 0 aromatic carbocycles. The third-order valence-corrected chi connectivity index (χ3v) is 3.84. The first-order valence-corrected chi connectivity index (χ1v) is 7.17. The Balaban J connectivity index is 2.26. The Morgan fingerprint density at radius 3 is 1.33 bits per heavy atom. The molecule has 18 heavy (non-hydrogen) atoms. The lowest BCUT2D eigenvalue weighted by atomic mass is 10.0. The normalized spacial score (nSPS) is 21.4. The molecule has 0 atom stereocenters. The highest BCUT2D eigenvalue weighted by Crippen LogP contribution is 2.36. The van der Waals surface area contributed by atoms with Gasteiger partial charge in [-0.15, -0.1) is 0 Å². The maximum atomic E-state index is 2.56. The predicted octanol–water partition coefficient (Wildman–Crippen LogP) is 3.76. The van der Waals surface area contributed by atoms with Gasteiger partial charge in [-0.25, -0.2) is 0 Å². The minimum Gasteiger partial charge on any atom is -0.365 e. The molecule has 2 heteroatoms. The van der Waals surface area contributed by atoms with Crippen LogP contribution in [0.25, 0.3) is 0 Å². The number of nitrogens with zero attached hydrogens (tertiary/aromatic N) is 2. The van der Waals surface area contributed by atoms with E-state index in [0.717, 1.165) is 13.1 Å². The van der Waals surface area contributed by atoms with E-state index >= 15 is 0 Å². The monoisotopic (exact) mass is 248 g/mol. The lowest BCUT2D eigenvalue weighted by Gasteiger charge is -2.42. The van der Waals surface area contributed by atoms with Crippen molar-refractivity contribution in [2.75, 3.05) is 13.1 Å². The van der Waals surface area contributed by atoms with Crippen molar-refractivity contribution < 1.29 is 0 Å². The molecule has 0 aromatic heterocycles. The quantitative estimate of drug-likeness (QED) is 0.697. The van der Waals surface area contributed by atoms with Crippen LogP contribution < -0.4 is 0 Å². The Bertz CT molecular complexity index is 339. The first kappa shape index (κ1) is 13.5. The maximum absolute atomic E-state index is 2.56. The second-order valence-electron chi connectivity index (χ2n) is 7.40. The summed E-state index contributed by atoms with van der Waals surface area (Å²) in [6.45, 7) is 16.2. The summed E-state index contributed by atoms with van der Waals surface area (Å²) in [5, 5.41) is 0. The average molecular weight is 248 g/mol. The van der Waals surface area contributed by atoms with Crippen LogP contribution in [0.5, 0.6) is 0 Å². The van der Waals surface area contributed by atoms with E-state index in [2.05, 4.69) is 63.5 Å². The zero-order chi connectivity index (χ0) is 13.6. The van der Waals surface area contributed by atoms with E-state index in [9.17, 15) is 0 Å². The molecule has 2 rings (SSSR count). The molecule has 0 radical (unpaired) electrons. The van der Waals surface area contributed by atoms with E-state index in [1.165, 1.54) is 24.2 Å². The fourth-order valence-corrected chi connectivity index (χ4v) is 3.00. The predicted molar refractivity (Wildman–Crippen MR) is 78.3 cm³/mol. The largest absolute Gasteiger partial charge is 0.365 e. The molecular formula is C16H28N2. The Kier molecular flexibility index (Phi) is 3.25. The van der Waals surface area contributed by atoms with E-state index in [1.807, 2.05) is 0 Å². The van der Waals surface area contributed by atoms with E-state index in [4.69, 9.17) is 0 Å². The fraction of sp³-hybridized carbons (Fsp3) is 0.750. The van der Waals surface area contributed by atoms with Crippen LogP contribution in [0.3, 0.4) is 0 Å². The van der Waals surface area contributed by atoms with Gasteiger partial charge in [-0.05, 0) is 54.4 Å². The van der Waals surface area contributed by atoms with Gasteiger partial charge in [0.05, 0.1) is 11.4 Å². The summed E-state index contributed by atoms with van der Waals surface area (Å²) >= 11 is 0. The van der Waals surface area contributed by atoms with Crippen molar-refractivity contribution in [3.05, 3.63) is 23.5 Å². The van der Waals surface area contributed by atoms with Crippen LogP contribution >= 0.6 is 0 Å². The van der Waals surface area contributed by atoms with Crippen molar-refractivity contribution in [3.8, 4) is 0 Å². The molecule has 0 saturated carbocycles. The van der Waals surface area contributed by atoms with E-state index in [1.54, 1.807) is 0 Å². The molecule has 2 heterocycles. The fourth-order valence-electron chi connectivity index (χ4n) is 3.00. The van der Waals surface area contributed by atoms with Gasteiger partial charge in [0, 0.05) is 24.2 Å². The van der Waals surface area contributed by atoms with Gasteiger partial charge < -0.3 is 9.80 Å². The van der Waals surface area contributed by atoms with Crippen LogP contribution in [0.2, 0.25) is 0 Å². The van der Waals surface area contributed by atoms with E-state index < -0.39 is 0 Å². The number of hydrogen-bond donors (Lipinski definition) is 0. The van der Waals surface area contributed by atoms with Crippen molar-refractivity contribution in [2.45, 2.75) is 65.5 Å². The van der Waals surface area contributed by atoms with Crippen molar-refractivity contribution in [3.63, 3.8) is 0 Å². The Morgan fingerprint density at radius 1 is 0.722 bits per heavy atom. The first-order valence-electron chi connectivity index (χ1n) is 7.17.